The van der Waals surface area contributed by atoms with E-state index in [0.29, 0.717) is 13.2 Å². The molecule has 19 heavy (non-hydrogen) atoms. The van der Waals surface area contributed by atoms with Gasteiger partial charge in [-0.1, -0.05) is 67.5 Å². The first-order valence-electron chi connectivity index (χ1n) is 5.58. The second kappa shape index (κ2) is 10.7. The Bertz CT molecular complexity index is 378. The van der Waals surface area contributed by atoms with Crippen LogP contribution in [0.4, 0.5) is 0 Å². The largest absolute Gasteiger partial charge is 0.522 e. The number of rotatable bonds is 6. The van der Waals surface area contributed by atoms with E-state index in [4.69, 9.17) is 9.47 Å². The summed E-state index contributed by atoms with van der Waals surface area (Å²) in [5, 5.41) is 0. The molecule has 0 spiro atoms. The molecule has 0 bridgehead atoms. The standard InChI is InChI=1S/C15H15O2.Fe.H2O/c1-3-7-14(8-4-1)11-16-13-17-12-15-9-5-2-6-10-15;;/h1-10,13H,11-12H2;;1H2/q-1;;. The number of hydrogen-bond donors (Lipinski definition) is 0. The zero-order valence-electron chi connectivity index (χ0n) is 10.4. The topological polar surface area (TPSA) is 50.0 Å². The molecule has 0 aromatic heterocycles. The molecule has 0 aliphatic rings. The van der Waals surface area contributed by atoms with E-state index in [1.165, 1.54) is 6.79 Å². The molecule has 0 fully saturated rings. The Morgan fingerprint density at radius 1 is 0.684 bits per heavy atom. The molecule has 4 heteroatoms. The predicted molar refractivity (Wildman–Crippen MR) is 70.4 cm³/mol. The maximum absolute atomic E-state index is 5.29. The van der Waals surface area contributed by atoms with Gasteiger partial charge in [-0.25, -0.2) is 0 Å². The molecule has 0 heterocycles. The van der Waals surface area contributed by atoms with Crippen LogP contribution in [0.2, 0.25) is 0 Å². The van der Waals surface area contributed by atoms with Crippen molar-refractivity contribution in [1.29, 1.82) is 0 Å². The van der Waals surface area contributed by atoms with Crippen molar-refractivity contribution in [3.05, 3.63) is 78.6 Å². The van der Waals surface area contributed by atoms with Gasteiger partial charge in [0.15, 0.2) is 0 Å². The van der Waals surface area contributed by atoms with Gasteiger partial charge in [0.25, 0.3) is 0 Å². The molecule has 2 aromatic rings. The molecule has 104 valence electrons. The van der Waals surface area contributed by atoms with Gasteiger partial charge in [-0.2, -0.15) is 0 Å². The summed E-state index contributed by atoms with van der Waals surface area (Å²) in [6.07, 6.45) is 0. The molecule has 2 N–H and O–H groups in total. The Morgan fingerprint density at radius 2 is 1.05 bits per heavy atom. The van der Waals surface area contributed by atoms with Crippen LogP contribution >= 0.6 is 0 Å². The average molecular weight is 301 g/mol. The average Bonchev–Trinajstić information content (AvgIpc) is 2.41. The molecule has 2 rings (SSSR count). The van der Waals surface area contributed by atoms with Gasteiger partial charge in [-0.15, -0.1) is 0 Å². The first-order valence-corrected chi connectivity index (χ1v) is 5.58. The third-order valence-corrected chi connectivity index (χ3v) is 2.32. The van der Waals surface area contributed by atoms with Gasteiger partial charge >= 0.3 is 0 Å². The minimum atomic E-state index is 0. The Balaban J connectivity index is 0.00000162. The predicted octanol–water partition coefficient (Wildman–Crippen LogP) is 2.71. The normalized spacial score (nSPS) is 9.26. The van der Waals surface area contributed by atoms with Crippen LogP contribution in [-0.2, 0) is 39.8 Å². The smallest absolute Gasteiger partial charge is 0.0394 e. The molecule has 3 nitrogen and oxygen atoms in total. The second-order valence-electron chi connectivity index (χ2n) is 3.69. The van der Waals surface area contributed by atoms with E-state index in [1.54, 1.807) is 0 Å². The molecule has 2 aromatic carbocycles. The first-order chi connectivity index (χ1) is 8.45. The van der Waals surface area contributed by atoms with Crippen LogP contribution in [0, 0.1) is 6.79 Å². The third-order valence-electron chi connectivity index (χ3n) is 2.32. The molecule has 0 atom stereocenters. The minimum Gasteiger partial charge on any atom is -0.522 e. The van der Waals surface area contributed by atoms with Crippen molar-refractivity contribution in [2.45, 2.75) is 13.2 Å². The molecule has 0 aliphatic heterocycles. The summed E-state index contributed by atoms with van der Waals surface area (Å²) >= 11 is 0. The molecular formula is C15H17FeO3-. The van der Waals surface area contributed by atoms with Crippen LogP contribution in [0.5, 0.6) is 0 Å². The van der Waals surface area contributed by atoms with Gasteiger partial charge in [0.2, 0.25) is 0 Å². The van der Waals surface area contributed by atoms with Crippen molar-refractivity contribution in [3.8, 4) is 0 Å². The van der Waals surface area contributed by atoms with E-state index >= 15 is 0 Å². The maximum atomic E-state index is 5.29. The molecule has 0 unspecified atom stereocenters. The van der Waals surface area contributed by atoms with Crippen molar-refractivity contribution < 1.29 is 32.0 Å². The summed E-state index contributed by atoms with van der Waals surface area (Å²) in [5.41, 5.74) is 2.26. The fraction of sp³-hybridized carbons (Fsp3) is 0.133. The van der Waals surface area contributed by atoms with Crippen LogP contribution in [0.3, 0.4) is 0 Å². The summed E-state index contributed by atoms with van der Waals surface area (Å²) < 4.78 is 10.6. The number of benzene rings is 2. The molecule has 0 radical (unpaired) electrons. The summed E-state index contributed by atoms with van der Waals surface area (Å²) in [6, 6.07) is 20.0. The molecular weight excluding hydrogens is 284 g/mol. The van der Waals surface area contributed by atoms with Gasteiger partial charge in [0.05, 0.1) is 0 Å². The zero-order chi connectivity index (χ0) is 11.8. The number of ether oxygens (including phenoxy) is 2. The van der Waals surface area contributed by atoms with E-state index in [0.717, 1.165) is 11.1 Å². The second-order valence-corrected chi connectivity index (χ2v) is 3.69. The van der Waals surface area contributed by atoms with Gasteiger partial charge < -0.3 is 14.9 Å². The van der Waals surface area contributed by atoms with Crippen LogP contribution in [-0.4, -0.2) is 5.48 Å². The van der Waals surface area contributed by atoms with Crippen LogP contribution in [0.25, 0.3) is 0 Å². The van der Waals surface area contributed by atoms with E-state index in [-0.39, 0.29) is 22.5 Å². The van der Waals surface area contributed by atoms with E-state index in [1.807, 2.05) is 60.7 Å². The zero-order valence-corrected chi connectivity index (χ0v) is 11.5. The van der Waals surface area contributed by atoms with Gasteiger partial charge in [-0.05, 0) is 11.1 Å². The Kier molecular flexibility index (Phi) is 10.1. The fourth-order valence-corrected chi connectivity index (χ4v) is 1.46. The van der Waals surface area contributed by atoms with E-state index in [9.17, 15) is 0 Å². The maximum Gasteiger partial charge on any atom is 0.0394 e. The third kappa shape index (κ3) is 7.11. The Morgan fingerprint density at radius 3 is 1.42 bits per heavy atom. The summed E-state index contributed by atoms with van der Waals surface area (Å²) in [4.78, 5) is 0. The minimum absolute atomic E-state index is 0. The molecule has 0 saturated carbocycles. The van der Waals surface area contributed by atoms with Crippen molar-refractivity contribution in [2.75, 3.05) is 0 Å². The summed E-state index contributed by atoms with van der Waals surface area (Å²) in [7, 11) is 0. The van der Waals surface area contributed by atoms with E-state index in [2.05, 4.69) is 0 Å². The summed E-state index contributed by atoms with van der Waals surface area (Å²) in [6.45, 7) is 2.48. The quantitative estimate of drug-likeness (QED) is 0.468. The number of hydrogen-bond acceptors (Lipinski definition) is 2. The van der Waals surface area contributed by atoms with Crippen molar-refractivity contribution in [1.82, 2.24) is 0 Å². The molecule has 0 amide bonds. The molecule has 0 saturated heterocycles. The van der Waals surface area contributed by atoms with Crippen molar-refractivity contribution >= 4 is 0 Å². The SMILES string of the molecule is O.[Fe].c1ccc(CO[CH-]OCc2ccccc2)cc1. The fourth-order valence-electron chi connectivity index (χ4n) is 1.46. The van der Waals surface area contributed by atoms with Gasteiger partial charge in [-0.3, -0.25) is 0 Å². The molecule has 0 aliphatic carbocycles. The van der Waals surface area contributed by atoms with Crippen LogP contribution < -0.4 is 0 Å². The van der Waals surface area contributed by atoms with Crippen LogP contribution in [0.1, 0.15) is 11.1 Å². The first kappa shape index (κ1) is 17.8. The summed E-state index contributed by atoms with van der Waals surface area (Å²) in [5.74, 6) is 0. The monoisotopic (exact) mass is 301 g/mol. The van der Waals surface area contributed by atoms with E-state index < -0.39 is 0 Å². The van der Waals surface area contributed by atoms with Crippen LogP contribution in [0.15, 0.2) is 60.7 Å². The van der Waals surface area contributed by atoms with Crippen molar-refractivity contribution in [3.63, 3.8) is 0 Å². The Labute approximate surface area is 124 Å². The van der Waals surface area contributed by atoms with Gasteiger partial charge in [0.1, 0.15) is 0 Å². The van der Waals surface area contributed by atoms with Gasteiger partial charge in [0, 0.05) is 30.3 Å². The van der Waals surface area contributed by atoms with Crippen molar-refractivity contribution in [2.24, 2.45) is 0 Å². The Hall–Kier alpha value is -1.16.